The Hall–Kier alpha value is -4.63. The number of carbonyl (C=O) groups excluding carboxylic acids is 1. The monoisotopic (exact) mass is 579 g/mol. The van der Waals surface area contributed by atoms with Gasteiger partial charge in [-0.25, -0.2) is 4.98 Å². The molecule has 1 fully saturated rings. The lowest BCUT2D eigenvalue weighted by molar-refractivity contribution is 0.102. The van der Waals surface area contributed by atoms with Gasteiger partial charge in [-0.05, 0) is 66.8 Å². The maximum Gasteiger partial charge on any atom is 0.293 e. The van der Waals surface area contributed by atoms with Crippen molar-refractivity contribution in [2.24, 2.45) is 7.05 Å². The average molecular weight is 580 g/mol. The third kappa shape index (κ3) is 6.57. The molecular formula is C34H41N7O2. The normalized spacial score (nSPS) is 15.3. The molecule has 9 nitrogen and oxygen atoms in total. The largest absolute Gasteiger partial charge is 0.397 e. The number of anilines is 5. The minimum absolute atomic E-state index is 0.0102. The maximum atomic E-state index is 13.1. The minimum atomic E-state index is -0.261. The minimum Gasteiger partial charge on any atom is -0.397 e. The van der Waals surface area contributed by atoms with Crippen molar-refractivity contribution in [1.29, 1.82) is 0 Å². The molecule has 0 bridgehead atoms. The number of hydrogen-bond acceptors (Lipinski definition) is 7. The van der Waals surface area contributed by atoms with Crippen LogP contribution in [-0.2, 0) is 12.5 Å². The highest BCUT2D eigenvalue weighted by Gasteiger charge is 2.19. The van der Waals surface area contributed by atoms with E-state index in [0.717, 1.165) is 36.4 Å². The maximum absolute atomic E-state index is 13.1. The van der Waals surface area contributed by atoms with E-state index < -0.39 is 0 Å². The zero-order valence-corrected chi connectivity index (χ0v) is 25.8. The van der Waals surface area contributed by atoms with Gasteiger partial charge in [0, 0.05) is 61.4 Å². The molecule has 4 aromatic rings. The molecule has 0 spiro atoms. The first-order valence-electron chi connectivity index (χ1n) is 14.6. The number of nitrogens with two attached hydrogens (primary N) is 1. The van der Waals surface area contributed by atoms with Crippen LogP contribution in [0.2, 0.25) is 0 Å². The number of hydrogen-bond donors (Lipinski definition) is 4. The van der Waals surface area contributed by atoms with E-state index >= 15 is 0 Å². The first-order chi connectivity index (χ1) is 20.4. The number of carbonyl (C=O) groups is 1. The Kier molecular flexibility index (Phi) is 8.28. The number of aryl methyl sites for hydroxylation is 1. The molecule has 0 saturated carbocycles. The molecule has 5 rings (SSSR count). The summed E-state index contributed by atoms with van der Waals surface area (Å²) in [4.78, 5) is 33.1. The first kappa shape index (κ1) is 29.8. The van der Waals surface area contributed by atoms with E-state index in [9.17, 15) is 9.59 Å². The number of benzene rings is 3. The first-order valence-corrected chi connectivity index (χ1v) is 14.6. The van der Waals surface area contributed by atoms with Gasteiger partial charge >= 0.3 is 0 Å². The highest BCUT2D eigenvalue weighted by molar-refractivity contribution is 6.05. The van der Waals surface area contributed by atoms with E-state index in [1.165, 1.54) is 10.1 Å². The van der Waals surface area contributed by atoms with Gasteiger partial charge < -0.3 is 31.2 Å². The average Bonchev–Trinajstić information content (AvgIpc) is 2.96. The zero-order chi connectivity index (χ0) is 30.9. The molecule has 5 N–H and O–H groups in total. The molecule has 1 aromatic heterocycles. The third-order valence-electron chi connectivity index (χ3n) is 7.94. The second-order valence-electron chi connectivity index (χ2n) is 12.4. The number of piperazine rings is 1. The van der Waals surface area contributed by atoms with Gasteiger partial charge in [0.2, 0.25) is 0 Å². The lowest BCUT2D eigenvalue weighted by Gasteiger charge is -2.34. The van der Waals surface area contributed by atoms with Crippen LogP contribution in [0.5, 0.6) is 0 Å². The third-order valence-corrected chi connectivity index (χ3v) is 7.94. The van der Waals surface area contributed by atoms with Crippen LogP contribution in [0.25, 0.3) is 11.3 Å². The van der Waals surface area contributed by atoms with Crippen molar-refractivity contribution >= 4 is 34.5 Å². The number of nitrogens with zero attached hydrogens (tertiary/aromatic N) is 3. The van der Waals surface area contributed by atoms with Crippen molar-refractivity contribution in [3.05, 3.63) is 93.9 Å². The Labute approximate surface area is 253 Å². The summed E-state index contributed by atoms with van der Waals surface area (Å²) in [6, 6.07) is 19.5. The van der Waals surface area contributed by atoms with E-state index in [1.54, 1.807) is 13.2 Å². The molecule has 9 heteroatoms. The van der Waals surface area contributed by atoms with Gasteiger partial charge in [-0.15, -0.1) is 0 Å². The molecule has 1 amide bonds. The van der Waals surface area contributed by atoms with Crippen molar-refractivity contribution in [3.8, 4) is 11.3 Å². The predicted molar refractivity (Wildman–Crippen MR) is 177 cm³/mol. The Morgan fingerprint density at radius 2 is 1.84 bits per heavy atom. The van der Waals surface area contributed by atoms with E-state index in [0.29, 0.717) is 34.4 Å². The second-order valence-corrected chi connectivity index (χ2v) is 12.4. The van der Waals surface area contributed by atoms with Gasteiger partial charge in [0.25, 0.3) is 11.5 Å². The number of amides is 1. The fourth-order valence-electron chi connectivity index (χ4n) is 5.39. The quantitative estimate of drug-likeness (QED) is 0.225. The summed E-state index contributed by atoms with van der Waals surface area (Å²) in [5.74, 6) is 0.00326. The van der Waals surface area contributed by atoms with Gasteiger partial charge in [0.15, 0.2) is 5.82 Å². The highest BCUT2D eigenvalue weighted by Crippen LogP contribution is 2.31. The SMILES string of the molecule is Cc1c(NC(=O)c2ccc(C(C)(C)C)cc2)cccc1-c1cn(C)c(=O)c(Nc2ccc(N3CCNC(C)C3)c(N)c2)n1. The lowest BCUT2D eigenvalue weighted by atomic mass is 9.86. The van der Waals surface area contributed by atoms with Crippen LogP contribution in [0, 0.1) is 6.92 Å². The van der Waals surface area contributed by atoms with Crippen molar-refractivity contribution in [2.75, 3.05) is 40.9 Å². The summed E-state index contributed by atoms with van der Waals surface area (Å²) >= 11 is 0. The predicted octanol–water partition coefficient (Wildman–Crippen LogP) is 5.43. The summed E-state index contributed by atoms with van der Waals surface area (Å²) in [7, 11) is 1.70. The fourth-order valence-corrected chi connectivity index (χ4v) is 5.39. The van der Waals surface area contributed by atoms with Crippen LogP contribution in [-0.4, -0.2) is 41.1 Å². The van der Waals surface area contributed by atoms with Crippen LogP contribution in [0.3, 0.4) is 0 Å². The van der Waals surface area contributed by atoms with Gasteiger partial charge in [-0.1, -0.05) is 45.0 Å². The lowest BCUT2D eigenvalue weighted by Crippen LogP contribution is -2.49. The number of nitrogen functional groups attached to an aromatic ring is 1. The molecule has 43 heavy (non-hydrogen) atoms. The molecule has 0 radical (unpaired) electrons. The topological polar surface area (TPSA) is 117 Å². The molecule has 1 aliphatic heterocycles. The standard InChI is InChI=1S/C34H41N7O2/c1-21-19-41(17-16-36-21)30-15-14-25(18-27(30)35)37-31-33(43)40(6)20-29(38-31)26-8-7-9-28(22(26)2)39-32(42)23-10-12-24(13-11-23)34(3,4)5/h7-15,18,20-21,36H,16-17,19,35H2,1-6H3,(H,37,38)(H,39,42). The summed E-state index contributed by atoms with van der Waals surface area (Å²) in [5, 5.41) is 9.67. The molecule has 1 atom stereocenters. The van der Waals surface area contributed by atoms with E-state index in [2.05, 4.69) is 48.5 Å². The molecule has 0 aliphatic carbocycles. The van der Waals surface area contributed by atoms with Crippen LogP contribution < -0.4 is 32.1 Å². The van der Waals surface area contributed by atoms with E-state index in [-0.39, 0.29) is 22.7 Å². The fraction of sp³-hybridized carbons (Fsp3) is 0.324. The Balaban J connectivity index is 1.38. The number of rotatable bonds is 6. The molecule has 1 unspecified atom stereocenters. The summed E-state index contributed by atoms with van der Waals surface area (Å²) in [6.07, 6.45) is 1.70. The number of aromatic nitrogens is 2. The van der Waals surface area contributed by atoms with Gasteiger partial charge in [0.05, 0.1) is 17.1 Å². The highest BCUT2D eigenvalue weighted by atomic mass is 16.1. The van der Waals surface area contributed by atoms with Gasteiger partial charge in [-0.2, -0.15) is 0 Å². The molecule has 3 aromatic carbocycles. The summed E-state index contributed by atoms with van der Waals surface area (Å²) in [6.45, 7) is 13.2. The summed E-state index contributed by atoms with van der Waals surface area (Å²) < 4.78 is 1.51. The Bertz CT molecular complexity index is 1700. The smallest absolute Gasteiger partial charge is 0.293 e. The van der Waals surface area contributed by atoms with Crippen molar-refractivity contribution in [1.82, 2.24) is 14.9 Å². The summed E-state index contributed by atoms with van der Waals surface area (Å²) in [5.41, 5.74) is 13.2. The van der Waals surface area contributed by atoms with E-state index in [1.807, 2.05) is 67.6 Å². The van der Waals surface area contributed by atoms with Crippen LogP contribution in [0.1, 0.15) is 49.2 Å². The second kappa shape index (κ2) is 11.9. The molecule has 1 saturated heterocycles. The van der Waals surface area contributed by atoms with Gasteiger partial charge in [0.1, 0.15) is 0 Å². The molecule has 2 heterocycles. The molecule has 1 aliphatic rings. The van der Waals surface area contributed by atoms with Crippen molar-refractivity contribution in [3.63, 3.8) is 0 Å². The van der Waals surface area contributed by atoms with Crippen molar-refractivity contribution in [2.45, 2.75) is 46.1 Å². The Morgan fingerprint density at radius 3 is 2.51 bits per heavy atom. The van der Waals surface area contributed by atoms with Crippen LogP contribution in [0.15, 0.2) is 71.7 Å². The molecule has 224 valence electrons. The van der Waals surface area contributed by atoms with Crippen molar-refractivity contribution < 1.29 is 4.79 Å². The van der Waals surface area contributed by atoms with E-state index in [4.69, 9.17) is 10.7 Å². The Morgan fingerprint density at radius 1 is 1.09 bits per heavy atom. The van der Waals surface area contributed by atoms with Gasteiger partial charge in [-0.3, -0.25) is 9.59 Å². The van der Waals surface area contributed by atoms with Crippen LogP contribution in [0.4, 0.5) is 28.6 Å². The number of nitrogens with one attached hydrogen (secondary N) is 3. The van der Waals surface area contributed by atoms with Crippen LogP contribution >= 0.6 is 0 Å². The zero-order valence-electron chi connectivity index (χ0n) is 25.8. The molecular weight excluding hydrogens is 538 g/mol.